The molecular weight excluding hydrogens is 320 g/mol. The molecule has 126 valence electrons. The monoisotopic (exact) mass is 336 g/mol. The molecule has 3 rings (SSSR count). The smallest absolute Gasteiger partial charge is 0.272 e. The highest BCUT2D eigenvalue weighted by molar-refractivity contribution is 5.93. The van der Waals surface area contributed by atoms with Crippen molar-refractivity contribution in [1.29, 1.82) is 5.26 Å². The number of hydrogen-bond donors (Lipinski definition) is 1. The molecule has 0 bridgehead atoms. The van der Waals surface area contributed by atoms with Crippen molar-refractivity contribution in [3.63, 3.8) is 0 Å². The van der Waals surface area contributed by atoms with Gasteiger partial charge in [0, 0.05) is 37.9 Å². The molecule has 2 aromatic rings. The molecule has 2 amide bonds. The van der Waals surface area contributed by atoms with Crippen LogP contribution >= 0.6 is 0 Å². The molecule has 8 nitrogen and oxygen atoms in total. The van der Waals surface area contributed by atoms with Crippen LogP contribution in [-0.4, -0.2) is 58.3 Å². The average molecular weight is 336 g/mol. The van der Waals surface area contributed by atoms with Crippen LogP contribution in [0.25, 0.3) is 0 Å². The second-order valence-electron chi connectivity index (χ2n) is 5.54. The Morgan fingerprint density at radius 1 is 1.16 bits per heavy atom. The van der Waals surface area contributed by atoms with Crippen LogP contribution in [0.4, 0.5) is 11.5 Å². The molecule has 1 saturated heterocycles. The van der Waals surface area contributed by atoms with E-state index in [9.17, 15) is 9.59 Å². The Labute approximate surface area is 144 Å². The van der Waals surface area contributed by atoms with Crippen molar-refractivity contribution in [2.75, 3.05) is 31.5 Å². The van der Waals surface area contributed by atoms with E-state index < -0.39 is 0 Å². The van der Waals surface area contributed by atoms with Gasteiger partial charge >= 0.3 is 0 Å². The van der Waals surface area contributed by atoms with E-state index in [1.165, 1.54) is 6.33 Å². The van der Waals surface area contributed by atoms with Crippen LogP contribution in [0.3, 0.4) is 0 Å². The lowest BCUT2D eigenvalue weighted by Crippen LogP contribution is -2.48. The molecule has 0 unspecified atom stereocenters. The number of hydrogen-bond acceptors (Lipinski definition) is 6. The summed E-state index contributed by atoms with van der Waals surface area (Å²) in [4.78, 5) is 34.8. The number of nitrogens with zero attached hydrogens (tertiary/aromatic N) is 5. The van der Waals surface area contributed by atoms with Gasteiger partial charge in [0.1, 0.15) is 17.8 Å². The third-order valence-electron chi connectivity index (χ3n) is 3.92. The molecule has 1 aliphatic rings. The molecule has 0 saturated carbocycles. The first-order valence-electron chi connectivity index (χ1n) is 7.77. The predicted molar refractivity (Wildman–Crippen MR) is 90.0 cm³/mol. The fourth-order valence-electron chi connectivity index (χ4n) is 2.51. The van der Waals surface area contributed by atoms with E-state index in [2.05, 4.69) is 21.4 Å². The molecular formula is C17H16N6O2. The Morgan fingerprint density at radius 3 is 2.52 bits per heavy atom. The van der Waals surface area contributed by atoms with Gasteiger partial charge in [-0.15, -0.1) is 0 Å². The fourth-order valence-corrected chi connectivity index (χ4v) is 2.51. The highest BCUT2D eigenvalue weighted by Crippen LogP contribution is 2.16. The minimum absolute atomic E-state index is 0.184. The zero-order valence-electron chi connectivity index (χ0n) is 13.4. The molecule has 1 fully saturated rings. The Bertz CT molecular complexity index is 807. The number of nitriles is 1. The number of anilines is 2. The molecule has 25 heavy (non-hydrogen) atoms. The summed E-state index contributed by atoms with van der Waals surface area (Å²) >= 11 is 0. The normalized spacial score (nSPS) is 13.9. The highest BCUT2D eigenvalue weighted by Gasteiger charge is 2.22. The SMILES string of the molecule is N#Cc1ccc(Nc2cc(C(=O)N3CCN(C=O)CC3)ncn2)cc1. The zero-order chi connectivity index (χ0) is 17.6. The van der Waals surface area contributed by atoms with E-state index >= 15 is 0 Å². The second kappa shape index (κ2) is 7.40. The molecule has 8 heteroatoms. The van der Waals surface area contributed by atoms with Crippen molar-refractivity contribution in [3.05, 3.63) is 47.9 Å². The van der Waals surface area contributed by atoms with E-state index in [0.29, 0.717) is 43.3 Å². The van der Waals surface area contributed by atoms with Crippen molar-refractivity contribution in [2.24, 2.45) is 0 Å². The van der Waals surface area contributed by atoms with Gasteiger partial charge in [-0.2, -0.15) is 5.26 Å². The molecule has 2 heterocycles. The van der Waals surface area contributed by atoms with Gasteiger partial charge in [0.25, 0.3) is 5.91 Å². The lowest BCUT2D eigenvalue weighted by atomic mass is 10.2. The van der Waals surface area contributed by atoms with Crippen LogP contribution in [0.2, 0.25) is 0 Å². The Balaban J connectivity index is 1.69. The number of aromatic nitrogens is 2. The summed E-state index contributed by atoms with van der Waals surface area (Å²) < 4.78 is 0. The zero-order valence-corrected chi connectivity index (χ0v) is 13.4. The number of carbonyl (C=O) groups excluding carboxylic acids is 2. The number of piperazine rings is 1. The van der Waals surface area contributed by atoms with Gasteiger partial charge in [-0.25, -0.2) is 9.97 Å². The standard InChI is InChI=1S/C17H16N6O2/c18-10-13-1-3-14(4-2-13)21-16-9-15(19-11-20-16)17(25)23-7-5-22(12-24)6-8-23/h1-4,9,11-12H,5-8H2,(H,19,20,21). The van der Waals surface area contributed by atoms with E-state index in [-0.39, 0.29) is 5.91 Å². The molecule has 0 spiro atoms. The van der Waals surface area contributed by atoms with Gasteiger partial charge in [0.15, 0.2) is 0 Å². The molecule has 1 N–H and O–H groups in total. The maximum atomic E-state index is 12.5. The van der Waals surface area contributed by atoms with Crippen molar-refractivity contribution in [2.45, 2.75) is 0 Å². The predicted octanol–water partition coefficient (Wildman–Crippen LogP) is 1.01. The number of amides is 2. The molecule has 1 aliphatic heterocycles. The largest absolute Gasteiger partial charge is 0.342 e. The summed E-state index contributed by atoms with van der Waals surface area (Å²) in [6.45, 7) is 2.02. The van der Waals surface area contributed by atoms with Gasteiger partial charge in [-0.05, 0) is 24.3 Å². The maximum absolute atomic E-state index is 12.5. The number of benzene rings is 1. The molecule has 0 atom stereocenters. The Kier molecular flexibility index (Phi) is 4.85. The van der Waals surface area contributed by atoms with Crippen molar-refractivity contribution < 1.29 is 9.59 Å². The summed E-state index contributed by atoms with van der Waals surface area (Å²) in [5, 5.41) is 11.9. The minimum Gasteiger partial charge on any atom is -0.342 e. The van der Waals surface area contributed by atoms with Gasteiger partial charge in [0.2, 0.25) is 6.41 Å². The van der Waals surface area contributed by atoms with Crippen LogP contribution in [0.1, 0.15) is 16.1 Å². The lowest BCUT2D eigenvalue weighted by Gasteiger charge is -2.32. The number of carbonyl (C=O) groups is 2. The topological polar surface area (TPSA) is 102 Å². The van der Waals surface area contributed by atoms with Crippen LogP contribution < -0.4 is 5.32 Å². The van der Waals surface area contributed by atoms with Crippen LogP contribution in [-0.2, 0) is 4.79 Å². The molecule has 0 aliphatic carbocycles. The van der Waals surface area contributed by atoms with Crippen LogP contribution in [0, 0.1) is 11.3 Å². The average Bonchev–Trinajstić information content (AvgIpc) is 2.68. The van der Waals surface area contributed by atoms with Crippen molar-refractivity contribution >= 4 is 23.8 Å². The first kappa shape index (κ1) is 16.4. The van der Waals surface area contributed by atoms with Gasteiger partial charge < -0.3 is 15.1 Å². The first-order valence-corrected chi connectivity index (χ1v) is 7.77. The quantitative estimate of drug-likeness (QED) is 0.836. The fraction of sp³-hybridized carbons (Fsp3) is 0.235. The third kappa shape index (κ3) is 3.90. The minimum atomic E-state index is -0.184. The van der Waals surface area contributed by atoms with Crippen molar-refractivity contribution in [3.8, 4) is 6.07 Å². The number of nitrogens with one attached hydrogen (secondary N) is 1. The van der Waals surface area contributed by atoms with E-state index in [1.807, 2.05) is 0 Å². The van der Waals surface area contributed by atoms with Gasteiger partial charge in [-0.3, -0.25) is 9.59 Å². The Hall–Kier alpha value is -3.47. The molecule has 0 radical (unpaired) electrons. The Morgan fingerprint density at radius 2 is 1.88 bits per heavy atom. The molecule has 1 aromatic heterocycles. The second-order valence-corrected chi connectivity index (χ2v) is 5.54. The third-order valence-corrected chi connectivity index (χ3v) is 3.92. The summed E-state index contributed by atoms with van der Waals surface area (Å²) in [7, 11) is 0. The van der Waals surface area contributed by atoms with Crippen molar-refractivity contribution in [1.82, 2.24) is 19.8 Å². The number of rotatable bonds is 4. The maximum Gasteiger partial charge on any atom is 0.272 e. The van der Waals surface area contributed by atoms with E-state index in [0.717, 1.165) is 12.1 Å². The summed E-state index contributed by atoms with van der Waals surface area (Å²) in [6.07, 6.45) is 2.13. The van der Waals surface area contributed by atoms with Gasteiger partial charge in [-0.1, -0.05) is 0 Å². The van der Waals surface area contributed by atoms with Gasteiger partial charge in [0.05, 0.1) is 11.6 Å². The van der Waals surface area contributed by atoms with E-state index in [1.54, 1.807) is 40.1 Å². The first-order chi connectivity index (χ1) is 12.2. The summed E-state index contributed by atoms with van der Waals surface area (Å²) in [5.74, 6) is 0.311. The summed E-state index contributed by atoms with van der Waals surface area (Å²) in [5.41, 5.74) is 1.62. The van der Waals surface area contributed by atoms with E-state index in [4.69, 9.17) is 5.26 Å². The highest BCUT2D eigenvalue weighted by atomic mass is 16.2. The summed E-state index contributed by atoms with van der Waals surface area (Å²) in [6, 6.07) is 10.6. The van der Waals surface area contributed by atoms with Crippen LogP contribution in [0.5, 0.6) is 0 Å². The van der Waals surface area contributed by atoms with Crippen LogP contribution in [0.15, 0.2) is 36.7 Å². The molecule has 1 aromatic carbocycles. The lowest BCUT2D eigenvalue weighted by molar-refractivity contribution is -0.119.